The summed E-state index contributed by atoms with van der Waals surface area (Å²) in [6.45, 7) is -0.106. The molecule has 8 heteroatoms. The molecule has 0 fully saturated rings. The molecule has 14 heavy (non-hydrogen) atoms. The molecule has 0 bridgehead atoms. The SMILES string of the molecule is O=C(O)CCN(O)CCC(=O)O.[NaH].[NaH]. The fraction of sp³-hybridized carbons (Fsp3) is 0.667. The van der Waals surface area contributed by atoms with Gasteiger partial charge in [-0.3, -0.25) is 9.59 Å². The summed E-state index contributed by atoms with van der Waals surface area (Å²) in [5, 5.41) is 25.9. The monoisotopic (exact) mass is 225 g/mol. The van der Waals surface area contributed by atoms with E-state index >= 15 is 0 Å². The van der Waals surface area contributed by atoms with E-state index < -0.39 is 11.9 Å². The second-order valence-corrected chi connectivity index (χ2v) is 2.24. The van der Waals surface area contributed by atoms with Gasteiger partial charge in [-0.2, -0.15) is 5.06 Å². The molecule has 74 valence electrons. The zero-order chi connectivity index (χ0) is 9.56. The van der Waals surface area contributed by atoms with Crippen LogP contribution in [0.3, 0.4) is 0 Å². The Balaban J connectivity index is -0.000000605. The number of carboxylic acid groups (broad SMARTS) is 2. The molecule has 0 heterocycles. The van der Waals surface area contributed by atoms with E-state index in [1.807, 2.05) is 0 Å². The molecular weight excluding hydrogens is 212 g/mol. The van der Waals surface area contributed by atoms with Gasteiger partial charge in [0.05, 0.1) is 12.8 Å². The Hall–Kier alpha value is 0.860. The molecule has 0 aromatic heterocycles. The molecule has 0 spiro atoms. The molecule has 0 rings (SSSR count). The fourth-order valence-corrected chi connectivity index (χ4v) is 0.561. The van der Waals surface area contributed by atoms with Crippen molar-refractivity contribution in [3.05, 3.63) is 0 Å². The summed E-state index contributed by atoms with van der Waals surface area (Å²) in [5.74, 6) is -2.05. The van der Waals surface area contributed by atoms with E-state index in [0.29, 0.717) is 5.06 Å². The average molecular weight is 225 g/mol. The van der Waals surface area contributed by atoms with Crippen LogP contribution < -0.4 is 0 Å². The summed E-state index contributed by atoms with van der Waals surface area (Å²) in [7, 11) is 0. The van der Waals surface area contributed by atoms with Crippen molar-refractivity contribution in [2.24, 2.45) is 0 Å². The molecule has 3 N–H and O–H groups in total. The second-order valence-electron chi connectivity index (χ2n) is 2.24. The van der Waals surface area contributed by atoms with Gasteiger partial charge in [0, 0.05) is 13.1 Å². The van der Waals surface area contributed by atoms with E-state index in [-0.39, 0.29) is 85.0 Å². The van der Waals surface area contributed by atoms with Crippen LogP contribution in [0.4, 0.5) is 0 Å². The number of carboxylic acids is 2. The summed E-state index contributed by atoms with van der Waals surface area (Å²) in [5.41, 5.74) is 0. The van der Waals surface area contributed by atoms with Crippen LogP contribution in [0.2, 0.25) is 0 Å². The van der Waals surface area contributed by atoms with E-state index in [1.165, 1.54) is 0 Å². The average Bonchev–Trinajstić information content (AvgIpc) is 1.96. The van der Waals surface area contributed by atoms with Crippen LogP contribution in [0.15, 0.2) is 0 Å². The quantitative estimate of drug-likeness (QED) is 0.369. The van der Waals surface area contributed by atoms with E-state index in [0.717, 1.165) is 0 Å². The molecule has 0 saturated heterocycles. The molecule has 0 aromatic carbocycles. The van der Waals surface area contributed by atoms with Gasteiger partial charge < -0.3 is 15.4 Å². The van der Waals surface area contributed by atoms with Crippen LogP contribution in [0, 0.1) is 0 Å². The van der Waals surface area contributed by atoms with E-state index in [1.54, 1.807) is 0 Å². The van der Waals surface area contributed by atoms with Gasteiger partial charge in [0.25, 0.3) is 0 Å². The fourth-order valence-electron chi connectivity index (χ4n) is 0.561. The first-order valence-corrected chi connectivity index (χ1v) is 3.40. The predicted molar refractivity (Wildman–Crippen MR) is 52.2 cm³/mol. The van der Waals surface area contributed by atoms with Crippen molar-refractivity contribution in [3.63, 3.8) is 0 Å². The number of aliphatic carboxylic acids is 2. The van der Waals surface area contributed by atoms with Gasteiger partial charge in [0.2, 0.25) is 0 Å². The Bertz CT molecular complexity index is 160. The van der Waals surface area contributed by atoms with Gasteiger partial charge in [0.1, 0.15) is 0 Å². The van der Waals surface area contributed by atoms with Crippen molar-refractivity contribution in [1.29, 1.82) is 0 Å². The topological polar surface area (TPSA) is 98.1 Å². The van der Waals surface area contributed by atoms with Gasteiger partial charge in [-0.05, 0) is 0 Å². The number of rotatable bonds is 6. The molecule has 0 unspecified atom stereocenters. The number of hydrogen-bond donors (Lipinski definition) is 3. The Morgan fingerprint density at radius 1 is 0.929 bits per heavy atom. The van der Waals surface area contributed by atoms with E-state index in [2.05, 4.69) is 0 Å². The molecule has 0 saturated carbocycles. The van der Waals surface area contributed by atoms with Crippen LogP contribution >= 0.6 is 0 Å². The number of nitrogens with zero attached hydrogens (tertiary/aromatic N) is 1. The first-order chi connectivity index (χ1) is 5.52. The summed E-state index contributed by atoms with van der Waals surface area (Å²) < 4.78 is 0. The van der Waals surface area contributed by atoms with Crippen LogP contribution in [0.1, 0.15) is 12.8 Å². The standard InChI is InChI=1S/C6H11NO5.2Na.2H/c8-5(9)1-3-7(12)4-2-6(10)11;;;;/h12H,1-4H2,(H,8,9)(H,10,11);;;;. The maximum atomic E-state index is 9.99. The maximum absolute atomic E-state index is 9.99. The molecule has 0 aliphatic rings. The first kappa shape index (κ1) is 20.3. The molecule has 0 aliphatic carbocycles. The van der Waals surface area contributed by atoms with Crippen molar-refractivity contribution < 1.29 is 25.0 Å². The molecular formula is C6H13NNa2O5. The minimum absolute atomic E-state index is 0. The van der Waals surface area contributed by atoms with Crippen molar-refractivity contribution in [2.45, 2.75) is 12.8 Å². The zero-order valence-corrected chi connectivity index (χ0v) is 6.43. The van der Waals surface area contributed by atoms with Gasteiger partial charge >= 0.3 is 71.1 Å². The van der Waals surface area contributed by atoms with Crippen molar-refractivity contribution >= 4 is 71.1 Å². The van der Waals surface area contributed by atoms with Crippen molar-refractivity contribution in [2.75, 3.05) is 13.1 Å². The Labute approximate surface area is 126 Å². The molecule has 0 aromatic rings. The van der Waals surface area contributed by atoms with Crippen LogP contribution in [0.25, 0.3) is 0 Å². The molecule has 6 nitrogen and oxygen atoms in total. The summed E-state index contributed by atoms with van der Waals surface area (Å²) in [6, 6.07) is 0. The number of hydroxylamine groups is 2. The van der Waals surface area contributed by atoms with Gasteiger partial charge in [0.15, 0.2) is 0 Å². The molecule has 0 amide bonds. The van der Waals surface area contributed by atoms with Crippen molar-refractivity contribution in [3.8, 4) is 0 Å². The third-order valence-electron chi connectivity index (χ3n) is 1.17. The Kier molecular flexibility index (Phi) is 17.3. The van der Waals surface area contributed by atoms with Crippen LogP contribution in [-0.2, 0) is 9.59 Å². The van der Waals surface area contributed by atoms with E-state index in [9.17, 15) is 9.59 Å². The van der Waals surface area contributed by atoms with Gasteiger partial charge in [-0.25, -0.2) is 0 Å². The molecule has 0 radical (unpaired) electrons. The van der Waals surface area contributed by atoms with Crippen LogP contribution in [0.5, 0.6) is 0 Å². The summed E-state index contributed by atoms with van der Waals surface area (Å²) >= 11 is 0. The normalized spacial score (nSPS) is 8.71. The summed E-state index contributed by atoms with van der Waals surface area (Å²) in [6.07, 6.45) is -0.397. The molecule has 0 aliphatic heterocycles. The van der Waals surface area contributed by atoms with E-state index in [4.69, 9.17) is 15.4 Å². The van der Waals surface area contributed by atoms with Crippen LogP contribution in [-0.4, -0.2) is 105 Å². The third-order valence-corrected chi connectivity index (χ3v) is 1.17. The second kappa shape index (κ2) is 11.9. The van der Waals surface area contributed by atoms with Gasteiger partial charge in [-0.1, -0.05) is 0 Å². The first-order valence-electron chi connectivity index (χ1n) is 3.40. The number of hydrogen-bond acceptors (Lipinski definition) is 4. The zero-order valence-electron chi connectivity index (χ0n) is 6.43. The number of carbonyl (C=O) groups is 2. The Morgan fingerprint density at radius 3 is 1.43 bits per heavy atom. The predicted octanol–water partition coefficient (Wildman–Crippen LogP) is -1.67. The van der Waals surface area contributed by atoms with Gasteiger partial charge in [-0.15, -0.1) is 0 Å². The minimum atomic E-state index is -1.02. The Morgan fingerprint density at radius 2 is 1.21 bits per heavy atom. The molecule has 0 atom stereocenters. The third kappa shape index (κ3) is 15.3. The summed E-state index contributed by atoms with van der Waals surface area (Å²) in [4.78, 5) is 20.0. The van der Waals surface area contributed by atoms with Crippen molar-refractivity contribution in [1.82, 2.24) is 5.06 Å².